The van der Waals surface area contributed by atoms with Gasteiger partial charge < -0.3 is 5.32 Å². The van der Waals surface area contributed by atoms with Gasteiger partial charge in [0.05, 0.1) is 11.4 Å². The molecule has 0 aliphatic carbocycles. The maximum absolute atomic E-state index is 11.3. The van der Waals surface area contributed by atoms with Gasteiger partial charge in [0.25, 0.3) is 5.91 Å². The standard InChI is InChI=1S/C9H9NOS2/c1-2-3-4-10-9(11)8-5-7(12)6-13-8/h5-6,12H,4H2,1H3,(H,10,11). The summed E-state index contributed by atoms with van der Waals surface area (Å²) in [6.07, 6.45) is 0. The minimum atomic E-state index is -0.0898. The summed E-state index contributed by atoms with van der Waals surface area (Å²) in [6.45, 7) is 2.14. The van der Waals surface area contributed by atoms with Gasteiger partial charge >= 0.3 is 0 Å². The molecule has 1 rings (SSSR count). The second-order valence-electron chi connectivity index (χ2n) is 2.28. The molecule has 0 aliphatic heterocycles. The predicted molar refractivity (Wildman–Crippen MR) is 57.4 cm³/mol. The van der Waals surface area contributed by atoms with Gasteiger partial charge in [-0.3, -0.25) is 4.79 Å². The van der Waals surface area contributed by atoms with E-state index >= 15 is 0 Å². The molecule has 4 heteroatoms. The van der Waals surface area contributed by atoms with Crippen LogP contribution in [0, 0.1) is 11.8 Å². The Labute approximate surface area is 86.8 Å². The maximum Gasteiger partial charge on any atom is 0.262 e. The first-order valence-corrected chi connectivity index (χ1v) is 5.02. The van der Waals surface area contributed by atoms with Gasteiger partial charge in [0.2, 0.25) is 0 Å². The normalized spacial score (nSPS) is 8.77. The molecule has 13 heavy (non-hydrogen) atoms. The van der Waals surface area contributed by atoms with Crippen LogP contribution in [0.15, 0.2) is 16.3 Å². The van der Waals surface area contributed by atoms with Crippen molar-refractivity contribution in [3.63, 3.8) is 0 Å². The molecule has 0 bridgehead atoms. The van der Waals surface area contributed by atoms with Gasteiger partial charge in [-0.15, -0.1) is 29.9 Å². The van der Waals surface area contributed by atoms with Crippen LogP contribution in [0.2, 0.25) is 0 Å². The topological polar surface area (TPSA) is 29.1 Å². The highest BCUT2D eigenvalue weighted by atomic mass is 32.1. The first-order chi connectivity index (χ1) is 6.24. The molecule has 0 spiro atoms. The van der Waals surface area contributed by atoms with Crippen LogP contribution in [-0.4, -0.2) is 12.5 Å². The third-order valence-electron chi connectivity index (χ3n) is 1.32. The number of hydrogen-bond acceptors (Lipinski definition) is 3. The summed E-state index contributed by atoms with van der Waals surface area (Å²) in [5.41, 5.74) is 0. The largest absolute Gasteiger partial charge is 0.340 e. The second-order valence-corrected chi connectivity index (χ2v) is 3.71. The molecule has 0 saturated heterocycles. The number of thiophene rings is 1. The number of nitrogens with one attached hydrogen (secondary N) is 1. The fraction of sp³-hybridized carbons (Fsp3) is 0.222. The molecule has 1 heterocycles. The zero-order valence-corrected chi connectivity index (χ0v) is 8.84. The highest BCUT2D eigenvalue weighted by Gasteiger charge is 2.05. The smallest absolute Gasteiger partial charge is 0.262 e. The summed E-state index contributed by atoms with van der Waals surface area (Å²) in [5, 5.41) is 4.50. The summed E-state index contributed by atoms with van der Waals surface area (Å²) in [7, 11) is 0. The molecule has 0 radical (unpaired) electrons. The van der Waals surface area contributed by atoms with Crippen LogP contribution in [0.3, 0.4) is 0 Å². The van der Waals surface area contributed by atoms with Crippen molar-refractivity contribution in [2.75, 3.05) is 6.54 Å². The average molecular weight is 211 g/mol. The van der Waals surface area contributed by atoms with Gasteiger partial charge in [-0.25, -0.2) is 0 Å². The Balaban J connectivity index is 2.52. The van der Waals surface area contributed by atoms with E-state index < -0.39 is 0 Å². The highest BCUT2D eigenvalue weighted by Crippen LogP contribution is 2.16. The lowest BCUT2D eigenvalue weighted by Gasteiger charge is -1.95. The molecule has 0 aliphatic rings. The van der Waals surface area contributed by atoms with Crippen LogP contribution in [0.25, 0.3) is 0 Å². The minimum absolute atomic E-state index is 0.0898. The Morgan fingerprint density at radius 2 is 2.54 bits per heavy atom. The van der Waals surface area contributed by atoms with Crippen molar-refractivity contribution in [1.82, 2.24) is 5.32 Å². The molecule has 1 amide bonds. The van der Waals surface area contributed by atoms with Gasteiger partial charge in [-0.1, -0.05) is 5.92 Å². The fourth-order valence-electron chi connectivity index (χ4n) is 0.745. The first-order valence-electron chi connectivity index (χ1n) is 3.69. The summed E-state index contributed by atoms with van der Waals surface area (Å²) in [5.74, 6) is 5.37. The number of rotatable bonds is 2. The molecule has 1 aromatic rings. The molecule has 1 aromatic heterocycles. The molecular formula is C9H9NOS2. The summed E-state index contributed by atoms with van der Waals surface area (Å²) >= 11 is 5.49. The van der Waals surface area contributed by atoms with E-state index in [0.717, 1.165) is 4.90 Å². The highest BCUT2D eigenvalue weighted by molar-refractivity contribution is 7.80. The summed E-state index contributed by atoms with van der Waals surface area (Å²) in [4.78, 5) is 12.8. The first kappa shape index (κ1) is 10.2. The van der Waals surface area contributed by atoms with Crippen LogP contribution in [0.1, 0.15) is 16.6 Å². The van der Waals surface area contributed by atoms with Gasteiger partial charge in [0, 0.05) is 10.3 Å². The van der Waals surface area contributed by atoms with Crippen molar-refractivity contribution < 1.29 is 4.79 Å². The van der Waals surface area contributed by atoms with Crippen molar-refractivity contribution >= 4 is 29.9 Å². The van der Waals surface area contributed by atoms with E-state index in [0.29, 0.717) is 11.4 Å². The molecule has 0 atom stereocenters. The predicted octanol–water partition coefficient (Wildman–Crippen LogP) is 1.79. The third-order valence-corrected chi connectivity index (χ3v) is 2.69. The molecule has 0 fully saturated rings. The number of hydrogen-bond donors (Lipinski definition) is 2. The molecule has 68 valence electrons. The number of thiol groups is 1. The van der Waals surface area contributed by atoms with Crippen LogP contribution in [-0.2, 0) is 0 Å². The van der Waals surface area contributed by atoms with E-state index in [2.05, 4.69) is 29.8 Å². The van der Waals surface area contributed by atoms with Gasteiger partial charge in [-0.2, -0.15) is 0 Å². The number of carbonyl (C=O) groups is 1. The molecule has 0 unspecified atom stereocenters. The van der Waals surface area contributed by atoms with Crippen molar-refractivity contribution in [2.45, 2.75) is 11.8 Å². The molecule has 0 saturated carbocycles. The lowest BCUT2D eigenvalue weighted by Crippen LogP contribution is -2.22. The SMILES string of the molecule is CC#CCNC(=O)c1cc(S)cs1. The Morgan fingerprint density at radius 1 is 1.77 bits per heavy atom. The van der Waals surface area contributed by atoms with Crippen molar-refractivity contribution in [3.05, 3.63) is 16.3 Å². The molecule has 1 N–H and O–H groups in total. The van der Waals surface area contributed by atoms with Gasteiger partial charge in [-0.05, 0) is 13.0 Å². The minimum Gasteiger partial charge on any atom is -0.340 e. The Morgan fingerprint density at radius 3 is 3.08 bits per heavy atom. The van der Waals surface area contributed by atoms with E-state index in [4.69, 9.17) is 0 Å². The van der Waals surface area contributed by atoms with Gasteiger partial charge in [0.15, 0.2) is 0 Å². The Bertz CT molecular complexity index is 359. The monoisotopic (exact) mass is 211 g/mol. The maximum atomic E-state index is 11.3. The van der Waals surface area contributed by atoms with Crippen LogP contribution in [0.4, 0.5) is 0 Å². The lowest BCUT2D eigenvalue weighted by molar-refractivity contribution is 0.0962. The van der Waals surface area contributed by atoms with Crippen LogP contribution >= 0.6 is 24.0 Å². The van der Waals surface area contributed by atoms with Crippen LogP contribution < -0.4 is 5.32 Å². The van der Waals surface area contributed by atoms with Crippen LogP contribution in [0.5, 0.6) is 0 Å². The third kappa shape index (κ3) is 3.13. The average Bonchev–Trinajstić information content (AvgIpc) is 2.52. The fourth-order valence-corrected chi connectivity index (χ4v) is 1.81. The summed E-state index contributed by atoms with van der Waals surface area (Å²) < 4.78 is 0. The quantitative estimate of drug-likeness (QED) is 0.567. The van der Waals surface area contributed by atoms with Gasteiger partial charge in [0.1, 0.15) is 0 Å². The number of carbonyl (C=O) groups excluding carboxylic acids is 1. The van der Waals surface area contributed by atoms with E-state index in [1.54, 1.807) is 13.0 Å². The lowest BCUT2D eigenvalue weighted by atomic mass is 10.4. The van der Waals surface area contributed by atoms with Crippen molar-refractivity contribution in [2.24, 2.45) is 0 Å². The van der Waals surface area contributed by atoms with E-state index in [1.165, 1.54) is 11.3 Å². The van der Waals surface area contributed by atoms with E-state index in [9.17, 15) is 4.79 Å². The number of amides is 1. The zero-order chi connectivity index (χ0) is 9.68. The van der Waals surface area contributed by atoms with Crippen molar-refractivity contribution in [1.29, 1.82) is 0 Å². The molecule has 0 aromatic carbocycles. The Hall–Kier alpha value is -0.920. The molecular weight excluding hydrogens is 202 g/mol. The summed E-state index contributed by atoms with van der Waals surface area (Å²) in [6, 6.07) is 1.74. The zero-order valence-electron chi connectivity index (χ0n) is 7.13. The Kier molecular flexibility index (Phi) is 3.87. The van der Waals surface area contributed by atoms with Crippen molar-refractivity contribution in [3.8, 4) is 11.8 Å². The molecule has 2 nitrogen and oxygen atoms in total. The second kappa shape index (κ2) is 4.95. The van der Waals surface area contributed by atoms with E-state index in [-0.39, 0.29) is 5.91 Å². The van der Waals surface area contributed by atoms with E-state index in [1.807, 2.05) is 5.38 Å².